The standard InChI is InChI=1S/C19H16O2/c20-19(21)13-12-18-16-9-5-4-8-15(16)10-11-17(18)14-6-2-1-3-7-14/h1-11H,12-13H2,(H,20,21). The molecule has 3 aromatic carbocycles. The van der Waals surface area contributed by atoms with E-state index in [1.807, 2.05) is 30.3 Å². The number of carboxylic acid groups (broad SMARTS) is 1. The average Bonchev–Trinajstić information content (AvgIpc) is 2.53. The Morgan fingerprint density at radius 2 is 1.57 bits per heavy atom. The molecule has 0 amide bonds. The monoisotopic (exact) mass is 276 g/mol. The number of carboxylic acids is 1. The van der Waals surface area contributed by atoms with E-state index in [1.165, 1.54) is 0 Å². The lowest BCUT2D eigenvalue weighted by Gasteiger charge is -2.13. The second-order valence-corrected chi connectivity index (χ2v) is 5.07. The van der Waals surface area contributed by atoms with E-state index in [-0.39, 0.29) is 6.42 Å². The van der Waals surface area contributed by atoms with Crippen LogP contribution < -0.4 is 0 Å². The minimum Gasteiger partial charge on any atom is -0.481 e. The van der Waals surface area contributed by atoms with Crippen LogP contribution in [0.1, 0.15) is 12.0 Å². The highest BCUT2D eigenvalue weighted by Crippen LogP contribution is 2.31. The molecular weight excluding hydrogens is 260 g/mol. The predicted octanol–water partition coefficient (Wildman–Crippen LogP) is 4.52. The number of fused-ring (bicyclic) bond motifs is 1. The largest absolute Gasteiger partial charge is 0.481 e. The summed E-state index contributed by atoms with van der Waals surface area (Å²) >= 11 is 0. The Bertz CT molecular complexity index is 776. The van der Waals surface area contributed by atoms with Crippen LogP contribution in [0.25, 0.3) is 21.9 Å². The number of hydrogen-bond donors (Lipinski definition) is 1. The van der Waals surface area contributed by atoms with Crippen LogP contribution in [0.3, 0.4) is 0 Å². The molecule has 0 atom stereocenters. The fraction of sp³-hybridized carbons (Fsp3) is 0.105. The van der Waals surface area contributed by atoms with Gasteiger partial charge in [0, 0.05) is 6.42 Å². The van der Waals surface area contributed by atoms with Gasteiger partial charge in [-0.25, -0.2) is 0 Å². The number of rotatable bonds is 4. The second kappa shape index (κ2) is 5.80. The van der Waals surface area contributed by atoms with E-state index in [2.05, 4.69) is 36.4 Å². The summed E-state index contributed by atoms with van der Waals surface area (Å²) in [7, 11) is 0. The molecule has 0 spiro atoms. The topological polar surface area (TPSA) is 37.3 Å². The van der Waals surface area contributed by atoms with Gasteiger partial charge >= 0.3 is 5.97 Å². The quantitative estimate of drug-likeness (QED) is 0.760. The van der Waals surface area contributed by atoms with Gasteiger partial charge in [-0.2, -0.15) is 0 Å². The predicted molar refractivity (Wildman–Crippen MR) is 85.3 cm³/mol. The van der Waals surface area contributed by atoms with E-state index in [0.29, 0.717) is 6.42 Å². The number of carbonyl (C=O) groups is 1. The molecule has 0 unspecified atom stereocenters. The van der Waals surface area contributed by atoms with E-state index < -0.39 is 5.97 Å². The van der Waals surface area contributed by atoms with Crippen LogP contribution in [0.4, 0.5) is 0 Å². The molecule has 0 aromatic heterocycles. The molecule has 0 radical (unpaired) electrons. The highest BCUT2D eigenvalue weighted by Gasteiger charge is 2.10. The van der Waals surface area contributed by atoms with Crippen molar-refractivity contribution in [2.24, 2.45) is 0 Å². The van der Waals surface area contributed by atoms with Gasteiger partial charge in [-0.3, -0.25) is 4.79 Å². The molecule has 0 fully saturated rings. The van der Waals surface area contributed by atoms with Gasteiger partial charge < -0.3 is 5.11 Å². The Balaban J connectivity index is 2.19. The molecule has 2 heteroatoms. The molecule has 1 N–H and O–H groups in total. The summed E-state index contributed by atoms with van der Waals surface area (Å²) in [6, 6.07) is 22.5. The maximum atomic E-state index is 11.0. The lowest BCUT2D eigenvalue weighted by atomic mass is 9.91. The molecule has 3 aromatic rings. The van der Waals surface area contributed by atoms with Crippen molar-refractivity contribution in [1.82, 2.24) is 0 Å². The average molecular weight is 276 g/mol. The normalized spacial score (nSPS) is 10.7. The Hall–Kier alpha value is -2.61. The molecule has 0 saturated carbocycles. The van der Waals surface area contributed by atoms with Crippen LogP contribution >= 0.6 is 0 Å². The summed E-state index contributed by atoms with van der Waals surface area (Å²) in [5.74, 6) is -0.762. The fourth-order valence-corrected chi connectivity index (χ4v) is 2.73. The van der Waals surface area contributed by atoms with Gasteiger partial charge in [0.2, 0.25) is 0 Å². The third kappa shape index (κ3) is 2.79. The SMILES string of the molecule is O=C(O)CCc1c(-c2ccccc2)ccc2ccccc12. The lowest BCUT2D eigenvalue weighted by Crippen LogP contribution is -2.00. The summed E-state index contributed by atoms with van der Waals surface area (Å²) in [5, 5.41) is 11.3. The van der Waals surface area contributed by atoms with Crippen molar-refractivity contribution in [1.29, 1.82) is 0 Å². The first-order valence-corrected chi connectivity index (χ1v) is 7.03. The molecule has 0 aliphatic rings. The van der Waals surface area contributed by atoms with Crippen LogP contribution in [-0.4, -0.2) is 11.1 Å². The van der Waals surface area contributed by atoms with E-state index in [1.54, 1.807) is 0 Å². The van der Waals surface area contributed by atoms with Gasteiger partial charge in [-0.15, -0.1) is 0 Å². The first-order chi connectivity index (χ1) is 10.3. The van der Waals surface area contributed by atoms with Crippen LogP contribution in [-0.2, 0) is 11.2 Å². The first kappa shape index (κ1) is 13.4. The van der Waals surface area contributed by atoms with Crippen molar-refractivity contribution in [3.8, 4) is 11.1 Å². The summed E-state index contributed by atoms with van der Waals surface area (Å²) < 4.78 is 0. The summed E-state index contributed by atoms with van der Waals surface area (Å²) in [6.45, 7) is 0. The lowest BCUT2D eigenvalue weighted by molar-refractivity contribution is -0.136. The smallest absolute Gasteiger partial charge is 0.303 e. The number of aryl methyl sites for hydroxylation is 1. The molecule has 0 bridgehead atoms. The van der Waals surface area contributed by atoms with E-state index >= 15 is 0 Å². The number of benzene rings is 3. The minimum absolute atomic E-state index is 0.147. The molecule has 21 heavy (non-hydrogen) atoms. The van der Waals surface area contributed by atoms with Gasteiger partial charge in [-0.1, -0.05) is 66.7 Å². The highest BCUT2D eigenvalue weighted by molar-refractivity contribution is 5.92. The van der Waals surface area contributed by atoms with Gasteiger partial charge in [0.1, 0.15) is 0 Å². The Kier molecular flexibility index (Phi) is 3.69. The van der Waals surface area contributed by atoms with Crippen molar-refractivity contribution in [3.63, 3.8) is 0 Å². The third-order valence-corrected chi connectivity index (χ3v) is 3.71. The van der Waals surface area contributed by atoms with Gasteiger partial charge in [-0.05, 0) is 33.9 Å². The molecule has 0 aliphatic carbocycles. The van der Waals surface area contributed by atoms with Crippen LogP contribution in [0.15, 0.2) is 66.7 Å². The van der Waals surface area contributed by atoms with Crippen molar-refractivity contribution in [2.75, 3.05) is 0 Å². The summed E-state index contributed by atoms with van der Waals surface area (Å²) in [4.78, 5) is 11.0. The van der Waals surface area contributed by atoms with Gasteiger partial charge in [0.05, 0.1) is 0 Å². The van der Waals surface area contributed by atoms with E-state index in [4.69, 9.17) is 5.11 Å². The minimum atomic E-state index is -0.762. The molecule has 0 saturated heterocycles. The number of aliphatic carboxylic acids is 1. The van der Waals surface area contributed by atoms with Crippen LogP contribution in [0, 0.1) is 0 Å². The zero-order valence-corrected chi connectivity index (χ0v) is 11.6. The third-order valence-electron chi connectivity index (χ3n) is 3.71. The van der Waals surface area contributed by atoms with Crippen molar-refractivity contribution in [2.45, 2.75) is 12.8 Å². The summed E-state index contributed by atoms with van der Waals surface area (Å²) in [5.41, 5.74) is 3.36. The highest BCUT2D eigenvalue weighted by atomic mass is 16.4. The van der Waals surface area contributed by atoms with Crippen molar-refractivity contribution >= 4 is 16.7 Å². The first-order valence-electron chi connectivity index (χ1n) is 7.03. The fourth-order valence-electron chi connectivity index (χ4n) is 2.73. The molecule has 3 rings (SSSR count). The summed E-state index contributed by atoms with van der Waals surface area (Å²) in [6.07, 6.45) is 0.689. The van der Waals surface area contributed by atoms with Crippen molar-refractivity contribution < 1.29 is 9.90 Å². The number of hydrogen-bond acceptors (Lipinski definition) is 1. The van der Waals surface area contributed by atoms with E-state index in [9.17, 15) is 4.79 Å². The zero-order chi connectivity index (χ0) is 14.7. The van der Waals surface area contributed by atoms with Gasteiger partial charge in [0.25, 0.3) is 0 Å². The maximum Gasteiger partial charge on any atom is 0.303 e. The Morgan fingerprint density at radius 3 is 2.33 bits per heavy atom. The molecular formula is C19H16O2. The molecule has 2 nitrogen and oxygen atoms in total. The van der Waals surface area contributed by atoms with Crippen molar-refractivity contribution in [3.05, 3.63) is 72.3 Å². The maximum absolute atomic E-state index is 11.0. The van der Waals surface area contributed by atoms with Crippen LogP contribution in [0.2, 0.25) is 0 Å². The zero-order valence-electron chi connectivity index (χ0n) is 11.6. The Morgan fingerprint density at radius 1 is 0.857 bits per heavy atom. The molecule has 0 heterocycles. The second-order valence-electron chi connectivity index (χ2n) is 5.07. The molecule has 0 aliphatic heterocycles. The Labute approximate surface area is 123 Å². The van der Waals surface area contributed by atoms with Crippen LogP contribution in [0.5, 0.6) is 0 Å². The molecule has 104 valence electrons. The van der Waals surface area contributed by atoms with E-state index in [0.717, 1.165) is 27.5 Å². The van der Waals surface area contributed by atoms with Gasteiger partial charge in [0.15, 0.2) is 0 Å².